The van der Waals surface area contributed by atoms with Crippen LogP contribution >= 0.6 is 11.8 Å². The van der Waals surface area contributed by atoms with Crippen molar-refractivity contribution in [1.29, 1.82) is 0 Å². The summed E-state index contributed by atoms with van der Waals surface area (Å²) in [5.41, 5.74) is 3.76. The number of guanidine groups is 1. The summed E-state index contributed by atoms with van der Waals surface area (Å²) in [6.07, 6.45) is 4.56. The summed E-state index contributed by atoms with van der Waals surface area (Å²) in [7, 11) is 2.03. The molecule has 5 nitrogen and oxygen atoms in total. The van der Waals surface area contributed by atoms with E-state index in [1.807, 2.05) is 11.7 Å². The molecule has 0 bridgehead atoms. The largest absolute Gasteiger partial charge is 0.357 e. The molecular weight excluding hydrogens is 318 g/mol. The summed E-state index contributed by atoms with van der Waals surface area (Å²) < 4.78 is 2.36. The Morgan fingerprint density at radius 1 is 1.29 bits per heavy atom. The van der Waals surface area contributed by atoms with Gasteiger partial charge in [-0.25, -0.2) is 4.99 Å². The number of aliphatic imine (C=N–C) groups is 1. The van der Waals surface area contributed by atoms with Crippen LogP contribution in [0.1, 0.15) is 57.5 Å². The molecule has 0 saturated carbocycles. The number of aromatic nitrogens is 2. The molecule has 1 aromatic rings. The van der Waals surface area contributed by atoms with Crippen LogP contribution in [0.15, 0.2) is 4.99 Å². The van der Waals surface area contributed by atoms with Crippen LogP contribution in [0.3, 0.4) is 0 Å². The minimum absolute atomic E-state index is 0.341. The maximum atomic E-state index is 4.84. The van der Waals surface area contributed by atoms with Crippen molar-refractivity contribution in [1.82, 2.24) is 20.4 Å². The molecule has 1 aliphatic rings. The Balaban J connectivity index is 2.08. The molecule has 2 heterocycles. The monoisotopic (exact) mass is 351 g/mol. The summed E-state index contributed by atoms with van der Waals surface area (Å²) in [4.78, 5) is 4.84. The highest BCUT2D eigenvalue weighted by Gasteiger charge is 2.29. The zero-order chi connectivity index (χ0) is 17.6. The van der Waals surface area contributed by atoms with Gasteiger partial charge in [-0.3, -0.25) is 4.68 Å². The Kier molecular flexibility index (Phi) is 7.02. The van der Waals surface area contributed by atoms with Crippen molar-refractivity contribution < 1.29 is 0 Å². The van der Waals surface area contributed by atoms with Crippen LogP contribution in [0, 0.1) is 0 Å². The number of hydrogen-bond acceptors (Lipinski definition) is 3. The Morgan fingerprint density at radius 2 is 2.08 bits per heavy atom. The normalized spacial score (nSPS) is 21.3. The van der Waals surface area contributed by atoms with E-state index in [-0.39, 0.29) is 0 Å². The molecule has 0 amide bonds. The average Bonchev–Trinajstić information content (AvgIpc) is 3.13. The maximum absolute atomic E-state index is 4.84. The second-order valence-electron chi connectivity index (χ2n) is 6.65. The minimum atomic E-state index is 0.341. The Labute approximate surface area is 151 Å². The lowest BCUT2D eigenvalue weighted by atomic mass is 10.1. The predicted molar refractivity (Wildman–Crippen MR) is 105 cm³/mol. The van der Waals surface area contributed by atoms with E-state index < -0.39 is 0 Å². The second-order valence-corrected chi connectivity index (χ2v) is 8.34. The van der Waals surface area contributed by atoms with Crippen molar-refractivity contribution in [3.05, 3.63) is 17.0 Å². The standard InChI is InChI=1S/C18H33N5S/c1-6-15-14(16(7-2)23(5)22-15)12-20-17(19-8-3)21-13-18(4)10-9-11-24-18/h6-13H2,1-5H3,(H2,19,20,21). The lowest BCUT2D eigenvalue weighted by Crippen LogP contribution is -2.43. The van der Waals surface area contributed by atoms with Crippen LogP contribution in [0.25, 0.3) is 0 Å². The molecule has 1 aromatic heterocycles. The van der Waals surface area contributed by atoms with Crippen LogP contribution < -0.4 is 10.6 Å². The maximum Gasteiger partial charge on any atom is 0.191 e. The minimum Gasteiger partial charge on any atom is -0.357 e. The fourth-order valence-electron chi connectivity index (χ4n) is 3.32. The molecule has 0 aromatic carbocycles. The fourth-order valence-corrected chi connectivity index (χ4v) is 4.56. The Bertz CT molecular complexity index is 558. The third kappa shape index (κ3) is 4.68. The van der Waals surface area contributed by atoms with Crippen molar-refractivity contribution in [2.45, 2.75) is 64.7 Å². The molecule has 2 N–H and O–H groups in total. The number of nitrogens with zero attached hydrogens (tertiary/aromatic N) is 3. The Hall–Kier alpha value is -1.17. The molecular formula is C18H33N5S. The average molecular weight is 352 g/mol. The van der Waals surface area contributed by atoms with Gasteiger partial charge in [0.1, 0.15) is 0 Å². The molecule has 1 unspecified atom stereocenters. The Morgan fingerprint density at radius 3 is 2.67 bits per heavy atom. The van der Waals surface area contributed by atoms with Gasteiger partial charge in [0.25, 0.3) is 0 Å². The summed E-state index contributed by atoms with van der Waals surface area (Å²) in [6, 6.07) is 0. The highest BCUT2D eigenvalue weighted by Crippen LogP contribution is 2.36. The molecule has 1 atom stereocenters. The molecule has 136 valence electrons. The molecule has 24 heavy (non-hydrogen) atoms. The van der Waals surface area contributed by atoms with Gasteiger partial charge in [0.2, 0.25) is 0 Å². The number of nitrogens with one attached hydrogen (secondary N) is 2. The van der Waals surface area contributed by atoms with E-state index in [0.29, 0.717) is 11.3 Å². The molecule has 0 radical (unpaired) electrons. The molecule has 0 aliphatic carbocycles. The number of hydrogen-bond donors (Lipinski definition) is 2. The van der Waals surface area contributed by atoms with E-state index in [9.17, 15) is 0 Å². The first-order valence-electron chi connectivity index (χ1n) is 9.22. The first-order chi connectivity index (χ1) is 11.5. The highest BCUT2D eigenvalue weighted by atomic mass is 32.2. The molecule has 2 rings (SSSR count). The number of aryl methyl sites for hydroxylation is 2. The summed E-state index contributed by atoms with van der Waals surface area (Å²) in [6.45, 7) is 11.4. The van der Waals surface area contributed by atoms with Crippen LogP contribution in [-0.2, 0) is 26.4 Å². The molecule has 1 fully saturated rings. The van der Waals surface area contributed by atoms with Crippen molar-refractivity contribution in [3.8, 4) is 0 Å². The predicted octanol–water partition coefficient (Wildman–Crippen LogP) is 2.89. The molecule has 6 heteroatoms. The first kappa shape index (κ1) is 19.2. The van der Waals surface area contributed by atoms with Gasteiger partial charge in [-0.15, -0.1) is 0 Å². The third-order valence-electron chi connectivity index (χ3n) is 4.70. The SMILES string of the molecule is CCNC(=NCc1c(CC)nn(C)c1CC)NCC1(C)CCCS1. The van der Waals surface area contributed by atoms with E-state index in [2.05, 4.69) is 55.2 Å². The smallest absolute Gasteiger partial charge is 0.191 e. The third-order valence-corrected chi connectivity index (χ3v) is 6.24. The van der Waals surface area contributed by atoms with Gasteiger partial charge in [0.05, 0.1) is 12.2 Å². The van der Waals surface area contributed by atoms with E-state index in [4.69, 9.17) is 4.99 Å². The van der Waals surface area contributed by atoms with Gasteiger partial charge < -0.3 is 10.6 Å². The van der Waals surface area contributed by atoms with Crippen LogP contribution in [0.2, 0.25) is 0 Å². The van der Waals surface area contributed by atoms with Gasteiger partial charge in [-0.2, -0.15) is 16.9 Å². The summed E-state index contributed by atoms with van der Waals surface area (Å²) in [5, 5.41) is 11.6. The first-order valence-corrected chi connectivity index (χ1v) is 10.2. The lowest BCUT2D eigenvalue weighted by molar-refractivity contribution is 0.584. The van der Waals surface area contributed by atoms with Gasteiger partial charge in [-0.1, -0.05) is 13.8 Å². The molecule has 1 saturated heterocycles. The second kappa shape index (κ2) is 8.79. The quantitative estimate of drug-likeness (QED) is 0.586. The van der Waals surface area contributed by atoms with Crippen molar-refractivity contribution in [3.63, 3.8) is 0 Å². The lowest BCUT2D eigenvalue weighted by Gasteiger charge is -2.24. The number of thioether (sulfide) groups is 1. The highest BCUT2D eigenvalue weighted by molar-refractivity contribution is 8.00. The number of rotatable bonds is 7. The van der Waals surface area contributed by atoms with Crippen molar-refractivity contribution in [2.75, 3.05) is 18.8 Å². The summed E-state index contributed by atoms with van der Waals surface area (Å²) in [5.74, 6) is 2.19. The van der Waals surface area contributed by atoms with E-state index >= 15 is 0 Å². The van der Waals surface area contributed by atoms with Crippen molar-refractivity contribution in [2.24, 2.45) is 12.0 Å². The zero-order valence-corrected chi connectivity index (χ0v) is 16.7. The van der Waals surface area contributed by atoms with Crippen LogP contribution in [0.5, 0.6) is 0 Å². The molecule has 0 spiro atoms. The zero-order valence-electron chi connectivity index (χ0n) is 15.9. The van der Waals surface area contributed by atoms with Gasteiger partial charge in [-0.05, 0) is 45.3 Å². The van der Waals surface area contributed by atoms with Gasteiger partial charge in [0.15, 0.2) is 5.96 Å². The molecule has 1 aliphatic heterocycles. The van der Waals surface area contributed by atoms with E-state index in [1.54, 1.807) is 0 Å². The summed E-state index contributed by atoms with van der Waals surface area (Å²) >= 11 is 2.08. The van der Waals surface area contributed by atoms with Crippen LogP contribution in [0.4, 0.5) is 0 Å². The van der Waals surface area contributed by atoms with Crippen LogP contribution in [-0.4, -0.2) is 39.3 Å². The topological polar surface area (TPSA) is 54.2 Å². The fraction of sp³-hybridized carbons (Fsp3) is 0.778. The van der Waals surface area contributed by atoms with Gasteiger partial charge in [0, 0.05) is 36.1 Å². The van der Waals surface area contributed by atoms with Crippen molar-refractivity contribution >= 4 is 17.7 Å². The van der Waals surface area contributed by atoms with E-state index in [0.717, 1.165) is 31.9 Å². The van der Waals surface area contributed by atoms with E-state index in [1.165, 1.54) is 35.5 Å². The van der Waals surface area contributed by atoms with Gasteiger partial charge >= 0.3 is 0 Å².